The molecular formula is C45H72N2O6+2. The van der Waals surface area contributed by atoms with Crippen LogP contribution in [0.3, 0.4) is 0 Å². The summed E-state index contributed by atoms with van der Waals surface area (Å²) >= 11 is 0. The average Bonchev–Trinajstić information content (AvgIpc) is 3.13. The highest BCUT2D eigenvalue weighted by Gasteiger charge is 2.46. The molecule has 53 heavy (non-hydrogen) atoms. The molecule has 0 aromatic heterocycles. The molecule has 0 radical (unpaired) electrons. The number of hydrogen-bond acceptors (Lipinski definition) is 6. The molecule has 0 spiro atoms. The zero-order valence-corrected chi connectivity index (χ0v) is 33.1. The number of likely N-dealkylation sites (N-methyl/N-ethyl adjacent to an activating group) is 2. The van der Waals surface area contributed by atoms with Crippen molar-refractivity contribution in [2.75, 3.05) is 93.0 Å². The number of rotatable bonds is 26. The average molecular weight is 737 g/mol. The van der Waals surface area contributed by atoms with Crippen LogP contribution in [0.25, 0.3) is 5.57 Å². The maximum atomic E-state index is 9.40. The highest BCUT2D eigenvalue weighted by Crippen LogP contribution is 2.58. The van der Waals surface area contributed by atoms with Gasteiger partial charge in [0.05, 0.1) is 66.8 Å². The van der Waals surface area contributed by atoms with Gasteiger partial charge in [-0.2, -0.15) is 0 Å². The summed E-state index contributed by atoms with van der Waals surface area (Å²) in [4.78, 5) is 0. The minimum Gasteiger partial charge on any atom is -0.494 e. The van der Waals surface area contributed by atoms with Gasteiger partial charge in [0.1, 0.15) is 37.7 Å². The molecule has 0 unspecified atom stereocenters. The van der Waals surface area contributed by atoms with Gasteiger partial charge in [0.25, 0.3) is 0 Å². The van der Waals surface area contributed by atoms with Crippen molar-refractivity contribution in [2.24, 2.45) is 23.7 Å². The van der Waals surface area contributed by atoms with Crippen molar-refractivity contribution in [1.82, 2.24) is 0 Å². The van der Waals surface area contributed by atoms with E-state index in [1.54, 1.807) is 5.57 Å². The van der Waals surface area contributed by atoms with Crippen LogP contribution >= 0.6 is 0 Å². The topological polar surface area (TPSA) is 99.4 Å². The lowest BCUT2D eigenvalue weighted by atomic mass is 9.53. The van der Waals surface area contributed by atoms with Gasteiger partial charge in [0, 0.05) is 0 Å². The largest absolute Gasteiger partial charge is 0.494 e. The smallest absolute Gasteiger partial charge is 0.119 e. The highest BCUT2D eigenvalue weighted by molar-refractivity contribution is 5.83. The third-order valence-electron chi connectivity index (χ3n) is 12.9. The number of hydrogen-bond donors (Lipinski definition) is 4. The van der Waals surface area contributed by atoms with E-state index in [0.717, 1.165) is 110 Å². The van der Waals surface area contributed by atoms with Crippen LogP contribution in [0.4, 0.5) is 0 Å². The van der Waals surface area contributed by atoms with Crippen LogP contribution in [0.5, 0.6) is 11.5 Å². The van der Waals surface area contributed by atoms with Crippen LogP contribution in [0, 0.1) is 23.7 Å². The Labute approximate surface area is 320 Å². The van der Waals surface area contributed by atoms with Crippen molar-refractivity contribution in [3.8, 4) is 11.5 Å². The molecule has 4 N–H and O–H groups in total. The molecule has 4 fully saturated rings. The fourth-order valence-corrected chi connectivity index (χ4v) is 9.95. The summed E-state index contributed by atoms with van der Waals surface area (Å²) in [6.07, 6.45) is 15.6. The van der Waals surface area contributed by atoms with Crippen molar-refractivity contribution >= 4 is 5.57 Å². The highest BCUT2D eigenvalue weighted by atomic mass is 16.5. The third-order valence-corrected chi connectivity index (χ3v) is 12.9. The molecular weight excluding hydrogens is 665 g/mol. The second kappa shape index (κ2) is 21.0. The zero-order valence-electron chi connectivity index (χ0n) is 33.1. The van der Waals surface area contributed by atoms with Gasteiger partial charge in [-0.25, -0.2) is 0 Å². The number of unbranched alkanes of at least 4 members (excludes halogenated alkanes) is 6. The predicted molar refractivity (Wildman–Crippen MR) is 214 cm³/mol. The lowest BCUT2D eigenvalue weighted by molar-refractivity contribution is -0.910. The maximum absolute atomic E-state index is 9.40. The van der Waals surface area contributed by atoms with Crippen molar-refractivity contribution < 1.29 is 38.9 Å². The van der Waals surface area contributed by atoms with E-state index in [0.29, 0.717) is 38.0 Å². The van der Waals surface area contributed by atoms with Gasteiger partial charge in [0.15, 0.2) is 0 Å². The van der Waals surface area contributed by atoms with Gasteiger partial charge in [-0.3, -0.25) is 0 Å². The first kappa shape index (κ1) is 41.7. The number of nitrogens with zero attached hydrogens (tertiary/aromatic N) is 2. The van der Waals surface area contributed by atoms with E-state index in [9.17, 15) is 20.4 Å². The number of aliphatic hydroxyl groups excluding tert-OH is 4. The van der Waals surface area contributed by atoms with Gasteiger partial charge >= 0.3 is 0 Å². The van der Waals surface area contributed by atoms with Gasteiger partial charge < -0.3 is 38.9 Å². The summed E-state index contributed by atoms with van der Waals surface area (Å²) in [5.41, 5.74) is 5.75. The summed E-state index contributed by atoms with van der Waals surface area (Å²) in [5, 5.41) is 37.6. The Morgan fingerprint density at radius 3 is 1.21 bits per heavy atom. The van der Waals surface area contributed by atoms with Crippen molar-refractivity contribution in [3.05, 3.63) is 65.2 Å². The summed E-state index contributed by atoms with van der Waals surface area (Å²) < 4.78 is 13.9. The summed E-state index contributed by atoms with van der Waals surface area (Å²) in [5.74, 6) is 5.13. The molecule has 2 aromatic carbocycles. The first-order valence-corrected chi connectivity index (χ1v) is 21.1. The summed E-state index contributed by atoms with van der Waals surface area (Å²) in [6, 6.07) is 17.8. The summed E-state index contributed by atoms with van der Waals surface area (Å²) in [6.45, 7) is 6.84. The van der Waals surface area contributed by atoms with Gasteiger partial charge in [-0.1, -0.05) is 29.8 Å². The molecule has 4 aliphatic rings. The fourth-order valence-electron chi connectivity index (χ4n) is 9.95. The van der Waals surface area contributed by atoms with Crippen molar-refractivity contribution in [2.45, 2.75) is 83.5 Å². The minimum absolute atomic E-state index is 0.161. The minimum atomic E-state index is 0.161. The van der Waals surface area contributed by atoms with E-state index >= 15 is 0 Å². The molecule has 0 saturated heterocycles. The van der Waals surface area contributed by atoms with Crippen molar-refractivity contribution in [3.63, 3.8) is 0 Å². The molecule has 2 aromatic rings. The molecule has 4 bridgehead atoms. The standard InChI is InChI=1S/C45H72N2O6/c1-46(21-25-48,22-26-49)19-7-3-5-9-29-52-42-15-11-38(12-16-42)44(45-40-32-36-31-37(34-40)35-41(45)33-36)39-13-17-43(18-14-39)53-30-10-6-4-8-20-47(2,23-27-50)24-28-51/h11-18,36-37,40-41,48-51H,3-10,19-35H2,1-2H3/q+2. The van der Waals surface area contributed by atoms with E-state index in [1.807, 2.05) is 0 Å². The van der Waals surface area contributed by atoms with Crippen LogP contribution in [0.15, 0.2) is 54.1 Å². The maximum Gasteiger partial charge on any atom is 0.119 e. The van der Waals surface area contributed by atoms with E-state index in [1.165, 1.54) is 48.8 Å². The molecule has 296 valence electrons. The van der Waals surface area contributed by atoms with E-state index in [-0.39, 0.29) is 26.4 Å². The second-order valence-corrected chi connectivity index (χ2v) is 17.2. The number of ether oxygens (including phenoxy) is 2. The monoisotopic (exact) mass is 737 g/mol. The van der Waals surface area contributed by atoms with Crippen LogP contribution in [-0.4, -0.2) is 122 Å². The molecule has 0 atom stereocenters. The van der Waals surface area contributed by atoms with E-state index in [4.69, 9.17) is 9.47 Å². The molecule has 4 saturated carbocycles. The Hall–Kier alpha value is -2.46. The molecule has 0 amide bonds. The normalized spacial score (nSPS) is 21.0. The lowest BCUT2D eigenvalue weighted by Gasteiger charge is -2.52. The SMILES string of the molecule is C[N+](CCO)(CCO)CCCCCCOc1ccc(C(=C2C3CC4CC(C3)CC2C4)c2ccc(OCCCCCC[N+](C)(CCO)CCO)cc2)cc1. The third kappa shape index (κ3) is 12.3. The molecule has 0 aliphatic heterocycles. The first-order chi connectivity index (χ1) is 25.8. The number of aliphatic hydroxyl groups is 4. The van der Waals surface area contributed by atoms with Crippen LogP contribution in [0.2, 0.25) is 0 Å². The van der Waals surface area contributed by atoms with E-state index < -0.39 is 0 Å². The molecule has 8 nitrogen and oxygen atoms in total. The van der Waals surface area contributed by atoms with Crippen LogP contribution in [0.1, 0.15) is 94.6 Å². The van der Waals surface area contributed by atoms with Gasteiger partial charge in [0.2, 0.25) is 0 Å². The quantitative estimate of drug-likeness (QED) is 0.0636. The number of quaternary nitrogens is 2. The Balaban J connectivity index is 1.14. The van der Waals surface area contributed by atoms with Crippen LogP contribution in [-0.2, 0) is 0 Å². The van der Waals surface area contributed by atoms with Crippen molar-refractivity contribution in [1.29, 1.82) is 0 Å². The molecule has 0 heterocycles. The number of benzene rings is 2. The number of allylic oxidation sites excluding steroid dienone is 1. The molecule has 4 aliphatic carbocycles. The second-order valence-electron chi connectivity index (χ2n) is 17.2. The Morgan fingerprint density at radius 2 is 0.849 bits per heavy atom. The Morgan fingerprint density at radius 1 is 0.491 bits per heavy atom. The fraction of sp³-hybridized carbons (Fsp3) is 0.689. The Kier molecular flexibility index (Phi) is 16.5. The predicted octanol–water partition coefficient (Wildman–Crippen LogP) is 6.69. The molecule has 8 heteroatoms. The van der Waals surface area contributed by atoms with Crippen LogP contribution < -0.4 is 9.47 Å². The zero-order chi connectivity index (χ0) is 37.5. The first-order valence-electron chi connectivity index (χ1n) is 21.1. The lowest BCUT2D eigenvalue weighted by Crippen LogP contribution is -2.48. The van der Waals surface area contributed by atoms with Gasteiger partial charge in [-0.05, 0) is 148 Å². The van der Waals surface area contributed by atoms with E-state index in [2.05, 4.69) is 62.6 Å². The summed E-state index contributed by atoms with van der Waals surface area (Å²) in [7, 11) is 4.25. The van der Waals surface area contributed by atoms with Gasteiger partial charge in [-0.15, -0.1) is 0 Å². The Bertz CT molecular complexity index is 1250. The molecule has 6 rings (SSSR count).